The fourth-order valence-corrected chi connectivity index (χ4v) is 5.53. The summed E-state index contributed by atoms with van der Waals surface area (Å²) in [5.41, 5.74) is 1.84. The van der Waals surface area contributed by atoms with Crippen LogP contribution in [0, 0.1) is 0 Å². The number of rotatable bonds is 6. The Morgan fingerprint density at radius 2 is 1.68 bits per heavy atom. The monoisotopic (exact) mass is 359 g/mol. The van der Waals surface area contributed by atoms with Crippen LogP contribution < -0.4 is 4.46 Å². The van der Waals surface area contributed by atoms with E-state index in [2.05, 4.69) is 79.4 Å². The van der Waals surface area contributed by atoms with E-state index < -0.39 is 0 Å². The molecule has 1 aliphatic heterocycles. The maximum atomic E-state index is 2.74. The van der Waals surface area contributed by atoms with Crippen molar-refractivity contribution in [2.45, 2.75) is 50.1 Å². The second-order valence-corrected chi connectivity index (χ2v) is 8.74. The van der Waals surface area contributed by atoms with E-state index in [4.69, 9.17) is 0 Å². The van der Waals surface area contributed by atoms with Crippen molar-refractivity contribution < 1.29 is 0 Å². The fraction of sp³-hybridized carbons (Fsp3) is 0.400. The van der Waals surface area contributed by atoms with Gasteiger partial charge < -0.3 is 0 Å². The molecule has 22 heavy (non-hydrogen) atoms. The Labute approximate surface area is 140 Å². The maximum absolute atomic E-state index is 2.74. The molecular formula is C20H25NSe. The predicted octanol–water partition coefficient (Wildman–Crippen LogP) is 3.88. The van der Waals surface area contributed by atoms with Crippen LogP contribution in [0.1, 0.15) is 32.3 Å². The van der Waals surface area contributed by atoms with Crippen LogP contribution in [0.2, 0.25) is 5.32 Å². The number of hydrogen-bond acceptors (Lipinski definition) is 1. The molecule has 0 aliphatic carbocycles. The van der Waals surface area contributed by atoms with Crippen LogP contribution in [-0.4, -0.2) is 31.4 Å². The van der Waals surface area contributed by atoms with Gasteiger partial charge in [-0.3, -0.25) is 0 Å². The summed E-state index contributed by atoms with van der Waals surface area (Å²) in [5.74, 6) is 0. The minimum absolute atomic E-state index is 0.396. The van der Waals surface area contributed by atoms with Gasteiger partial charge in [0.05, 0.1) is 0 Å². The van der Waals surface area contributed by atoms with E-state index in [0.717, 1.165) is 12.6 Å². The van der Waals surface area contributed by atoms with Gasteiger partial charge in [0.1, 0.15) is 0 Å². The standard InChI is InChI=1S/C20H25NSe/c1-3-20(2)14-18(16-22-19-12-8-5-9-13-19)21(20)15-17-10-6-4-7-11-17/h4-13,18H,3,14-16H2,1-2H3. The molecule has 3 rings (SSSR count). The molecule has 0 N–H and O–H groups in total. The molecule has 2 aromatic rings. The normalized spacial score (nSPS) is 24.9. The van der Waals surface area contributed by atoms with E-state index in [1.165, 1.54) is 28.2 Å². The zero-order valence-electron chi connectivity index (χ0n) is 13.5. The molecule has 2 heteroatoms. The third-order valence-corrected chi connectivity index (χ3v) is 7.38. The van der Waals surface area contributed by atoms with Crippen LogP contribution in [0.3, 0.4) is 0 Å². The predicted molar refractivity (Wildman–Crippen MR) is 95.7 cm³/mol. The second kappa shape index (κ2) is 7.00. The molecule has 1 heterocycles. The molecule has 2 atom stereocenters. The molecule has 0 amide bonds. The summed E-state index contributed by atoms with van der Waals surface area (Å²) in [7, 11) is 0. The molecule has 0 saturated carbocycles. The average molecular weight is 358 g/mol. The SMILES string of the molecule is CCC1(C)CC(C[Se]c2ccccc2)N1Cc1ccccc1. The van der Waals surface area contributed by atoms with Gasteiger partial charge in [-0.15, -0.1) is 0 Å². The van der Waals surface area contributed by atoms with Crippen LogP contribution in [0.25, 0.3) is 0 Å². The van der Waals surface area contributed by atoms with Crippen LogP contribution in [0.5, 0.6) is 0 Å². The number of likely N-dealkylation sites (tertiary alicyclic amines) is 1. The van der Waals surface area contributed by atoms with Gasteiger partial charge in [-0.1, -0.05) is 0 Å². The van der Waals surface area contributed by atoms with Crippen molar-refractivity contribution in [3.05, 3.63) is 66.2 Å². The van der Waals surface area contributed by atoms with E-state index in [1.807, 2.05) is 0 Å². The molecular weight excluding hydrogens is 333 g/mol. The Morgan fingerprint density at radius 1 is 1.05 bits per heavy atom. The second-order valence-electron chi connectivity index (χ2n) is 6.45. The third kappa shape index (κ3) is 3.46. The summed E-state index contributed by atoms with van der Waals surface area (Å²) in [6.07, 6.45) is 2.60. The van der Waals surface area contributed by atoms with Gasteiger partial charge in [-0.2, -0.15) is 0 Å². The zero-order valence-corrected chi connectivity index (χ0v) is 15.2. The van der Waals surface area contributed by atoms with Gasteiger partial charge in [-0.25, -0.2) is 0 Å². The first-order valence-electron chi connectivity index (χ1n) is 8.20. The molecule has 116 valence electrons. The van der Waals surface area contributed by atoms with Gasteiger partial charge >= 0.3 is 141 Å². The first-order valence-corrected chi connectivity index (χ1v) is 10.3. The molecule has 0 radical (unpaired) electrons. The van der Waals surface area contributed by atoms with Crippen LogP contribution in [-0.2, 0) is 6.54 Å². The first kappa shape index (κ1) is 15.8. The summed E-state index contributed by atoms with van der Waals surface area (Å²) in [4.78, 5) is 2.74. The summed E-state index contributed by atoms with van der Waals surface area (Å²) in [6, 6.07) is 22.7. The molecule has 2 unspecified atom stereocenters. The fourth-order valence-electron chi connectivity index (χ4n) is 3.37. The molecule has 0 aromatic heterocycles. The third-order valence-electron chi connectivity index (χ3n) is 4.95. The van der Waals surface area contributed by atoms with Crippen molar-refractivity contribution in [2.24, 2.45) is 0 Å². The van der Waals surface area contributed by atoms with Gasteiger partial charge in [0.25, 0.3) is 0 Å². The van der Waals surface area contributed by atoms with E-state index in [9.17, 15) is 0 Å². The van der Waals surface area contributed by atoms with Crippen molar-refractivity contribution in [1.29, 1.82) is 0 Å². The van der Waals surface area contributed by atoms with Gasteiger partial charge in [0, 0.05) is 0 Å². The molecule has 1 aliphatic rings. The topological polar surface area (TPSA) is 3.24 Å². The Hall–Kier alpha value is -1.08. The Balaban J connectivity index is 1.64. The first-order chi connectivity index (χ1) is 10.7. The van der Waals surface area contributed by atoms with Gasteiger partial charge in [0.15, 0.2) is 0 Å². The van der Waals surface area contributed by atoms with Gasteiger partial charge in [-0.05, 0) is 0 Å². The van der Waals surface area contributed by atoms with Crippen molar-refractivity contribution in [1.82, 2.24) is 4.90 Å². The summed E-state index contributed by atoms with van der Waals surface area (Å²) < 4.78 is 1.53. The molecule has 0 spiro atoms. The number of benzene rings is 2. The van der Waals surface area contributed by atoms with E-state index in [-0.39, 0.29) is 0 Å². The van der Waals surface area contributed by atoms with Crippen molar-refractivity contribution in [3.8, 4) is 0 Å². The van der Waals surface area contributed by atoms with Gasteiger partial charge in [0.2, 0.25) is 0 Å². The Morgan fingerprint density at radius 3 is 2.32 bits per heavy atom. The average Bonchev–Trinajstić information content (AvgIpc) is 2.58. The van der Waals surface area contributed by atoms with Crippen molar-refractivity contribution in [2.75, 3.05) is 0 Å². The Kier molecular flexibility index (Phi) is 5.03. The summed E-state index contributed by atoms with van der Waals surface area (Å²) >= 11 is 0.593. The Bertz CT molecular complexity index is 583. The minimum atomic E-state index is 0.396. The molecule has 1 saturated heterocycles. The number of hydrogen-bond donors (Lipinski definition) is 0. The van der Waals surface area contributed by atoms with Crippen LogP contribution in [0.4, 0.5) is 0 Å². The molecule has 0 bridgehead atoms. The van der Waals surface area contributed by atoms with Crippen LogP contribution in [0.15, 0.2) is 60.7 Å². The van der Waals surface area contributed by atoms with E-state index >= 15 is 0 Å². The summed E-state index contributed by atoms with van der Waals surface area (Å²) in [6.45, 7) is 5.86. The van der Waals surface area contributed by atoms with E-state index in [1.54, 1.807) is 0 Å². The van der Waals surface area contributed by atoms with E-state index in [0.29, 0.717) is 20.5 Å². The van der Waals surface area contributed by atoms with Crippen molar-refractivity contribution in [3.63, 3.8) is 0 Å². The summed E-state index contributed by atoms with van der Waals surface area (Å²) in [5, 5.41) is 1.33. The molecule has 1 fully saturated rings. The zero-order chi connectivity index (χ0) is 15.4. The van der Waals surface area contributed by atoms with Crippen molar-refractivity contribution >= 4 is 19.4 Å². The quantitative estimate of drug-likeness (QED) is 0.709. The number of nitrogens with zero attached hydrogens (tertiary/aromatic N) is 1. The molecule has 1 nitrogen and oxygen atoms in total. The van der Waals surface area contributed by atoms with Crippen LogP contribution >= 0.6 is 0 Å². The molecule has 2 aromatic carbocycles.